The van der Waals surface area contributed by atoms with Gasteiger partial charge in [-0.1, -0.05) is 204 Å². The zero-order valence-electron chi connectivity index (χ0n) is 41.7. The minimum absolute atomic E-state index is 0.149. The van der Waals surface area contributed by atoms with Gasteiger partial charge in [0.2, 0.25) is 0 Å². The molecule has 0 fully saturated rings. The number of hydrogen-bond acceptors (Lipinski definition) is 8. The topological polar surface area (TPSA) is 111 Å². The van der Waals surface area contributed by atoms with E-state index in [0.717, 1.165) is 44.9 Å². The molecule has 63 heavy (non-hydrogen) atoms. The first-order chi connectivity index (χ1) is 30.6. The molecular weight excluding hydrogens is 791 g/mol. The van der Waals surface area contributed by atoms with Gasteiger partial charge in [0.25, 0.3) is 0 Å². The van der Waals surface area contributed by atoms with E-state index in [0.29, 0.717) is 23.9 Å². The lowest BCUT2D eigenvalue weighted by Crippen LogP contribution is -2.44. The van der Waals surface area contributed by atoms with Crippen LogP contribution in [0.2, 0.25) is 0 Å². The molecule has 0 aromatic carbocycles. The van der Waals surface area contributed by atoms with Crippen LogP contribution in [0.25, 0.3) is 0 Å². The summed E-state index contributed by atoms with van der Waals surface area (Å²) >= 11 is 0. The number of nitrogens with zero attached hydrogens (tertiary/aromatic N) is 1. The van der Waals surface area contributed by atoms with Crippen LogP contribution in [0.3, 0.4) is 0 Å². The van der Waals surface area contributed by atoms with Gasteiger partial charge in [-0.2, -0.15) is 0 Å². The van der Waals surface area contributed by atoms with Gasteiger partial charge < -0.3 is 33.3 Å². The summed E-state index contributed by atoms with van der Waals surface area (Å²) < 4.78 is 22.5. The molecule has 9 nitrogen and oxygen atoms in total. The van der Waals surface area contributed by atoms with Crippen LogP contribution in [0, 0.1) is 0 Å². The van der Waals surface area contributed by atoms with Crippen molar-refractivity contribution in [3.05, 3.63) is 36.5 Å². The minimum atomic E-state index is -1.62. The fourth-order valence-electron chi connectivity index (χ4n) is 7.31. The number of hydrogen-bond donors (Lipinski definition) is 0. The lowest BCUT2D eigenvalue weighted by molar-refractivity contribution is -0.870. The van der Waals surface area contributed by atoms with Crippen LogP contribution in [0.5, 0.6) is 0 Å². The maximum absolute atomic E-state index is 12.8. The average molecular weight is 890 g/mol. The van der Waals surface area contributed by atoms with E-state index in [4.69, 9.17) is 18.9 Å². The van der Waals surface area contributed by atoms with E-state index in [1.54, 1.807) is 0 Å². The quantitative estimate of drug-likeness (QED) is 0.0195. The van der Waals surface area contributed by atoms with Crippen molar-refractivity contribution in [2.75, 3.05) is 47.5 Å². The molecule has 2 unspecified atom stereocenters. The van der Waals surface area contributed by atoms with E-state index >= 15 is 0 Å². The number of ether oxygens (including phenoxy) is 4. The van der Waals surface area contributed by atoms with E-state index in [-0.39, 0.29) is 32.2 Å². The van der Waals surface area contributed by atoms with Crippen LogP contribution in [-0.2, 0) is 33.3 Å². The first-order valence-corrected chi connectivity index (χ1v) is 26.1. The van der Waals surface area contributed by atoms with Crippen molar-refractivity contribution >= 4 is 17.9 Å². The van der Waals surface area contributed by atoms with Crippen molar-refractivity contribution in [3.63, 3.8) is 0 Å². The summed E-state index contributed by atoms with van der Waals surface area (Å²) in [5.41, 5.74) is 0. The summed E-state index contributed by atoms with van der Waals surface area (Å²) in [4.78, 5) is 36.9. The average Bonchev–Trinajstić information content (AvgIpc) is 3.24. The van der Waals surface area contributed by atoms with Crippen molar-refractivity contribution in [2.45, 2.75) is 245 Å². The van der Waals surface area contributed by atoms with Gasteiger partial charge >= 0.3 is 11.9 Å². The van der Waals surface area contributed by atoms with E-state index in [9.17, 15) is 19.5 Å². The second-order valence-corrected chi connectivity index (χ2v) is 18.8. The number of rotatable bonds is 48. The second kappa shape index (κ2) is 46.1. The Kier molecular flexibility index (Phi) is 44.2. The van der Waals surface area contributed by atoms with E-state index < -0.39 is 24.3 Å². The van der Waals surface area contributed by atoms with Gasteiger partial charge in [0.15, 0.2) is 12.4 Å². The van der Waals surface area contributed by atoms with E-state index in [2.05, 4.69) is 50.3 Å². The molecule has 0 saturated heterocycles. The summed E-state index contributed by atoms with van der Waals surface area (Å²) in [6.45, 7) is 4.69. The molecule has 0 aliphatic carbocycles. The van der Waals surface area contributed by atoms with Crippen LogP contribution in [0.1, 0.15) is 232 Å². The number of quaternary nitrogens is 1. The van der Waals surface area contributed by atoms with Gasteiger partial charge in [0, 0.05) is 12.8 Å². The molecule has 0 aromatic heterocycles. The number of carbonyl (C=O) groups is 3. The number of unbranched alkanes of at least 4 members (excludes halogenated alkanes) is 27. The number of likely N-dealkylation sites (N-methyl/N-ethyl adjacent to an activating group) is 1. The maximum Gasteiger partial charge on any atom is 0.306 e. The maximum atomic E-state index is 12.8. The van der Waals surface area contributed by atoms with Crippen LogP contribution < -0.4 is 5.11 Å². The highest BCUT2D eigenvalue weighted by molar-refractivity contribution is 5.70. The summed E-state index contributed by atoms with van der Waals surface area (Å²) in [5.74, 6) is -2.28. The molecule has 0 aliphatic rings. The molecule has 0 bridgehead atoms. The Bertz CT molecular complexity index is 1130. The van der Waals surface area contributed by atoms with Crippen LogP contribution in [-0.4, -0.2) is 82.3 Å². The van der Waals surface area contributed by atoms with Gasteiger partial charge in [-0.25, -0.2) is 0 Å². The summed E-state index contributed by atoms with van der Waals surface area (Å²) in [6.07, 6.45) is 50.8. The van der Waals surface area contributed by atoms with Gasteiger partial charge in [-0.3, -0.25) is 9.59 Å². The van der Waals surface area contributed by atoms with Gasteiger partial charge in [0.1, 0.15) is 13.2 Å². The number of carbonyl (C=O) groups excluding carboxylic acids is 3. The molecule has 0 aromatic rings. The first-order valence-electron chi connectivity index (χ1n) is 26.1. The molecular formula is C54H99NO8. The standard InChI is InChI=1S/C54H99NO8/c1-6-8-10-12-14-15-16-17-18-19-20-21-22-23-24-25-26-27-28-29-30-31-32-33-34-35-36-37-39-41-43-45-52(57)63-50(48-61-51(56)44-42-40-38-13-11-9-7-2)49-62-54(53(58)59)60-47-46-55(3,4)5/h16-17,19-20,22-23,50,54H,6-15,18,21,24-49H2,1-5H3/b17-16-,20-19-,23-22-. The number of allylic oxidation sites excluding steroid dienone is 6. The molecule has 0 heterocycles. The van der Waals surface area contributed by atoms with Crippen molar-refractivity contribution in [2.24, 2.45) is 0 Å². The van der Waals surface area contributed by atoms with Crippen LogP contribution in [0.4, 0.5) is 0 Å². The molecule has 0 spiro atoms. The Morgan fingerprint density at radius 2 is 0.857 bits per heavy atom. The molecule has 0 rings (SSSR count). The normalized spacial score (nSPS) is 13.1. The fourth-order valence-corrected chi connectivity index (χ4v) is 7.31. The van der Waals surface area contributed by atoms with Crippen LogP contribution in [0.15, 0.2) is 36.5 Å². The molecule has 368 valence electrons. The zero-order valence-corrected chi connectivity index (χ0v) is 41.7. The van der Waals surface area contributed by atoms with Crippen molar-refractivity contribution < 1.29 is 42.9 Å². The number of carboxylic acids is 1. The smallest absolute Gasteiger partial charge is 0.306 e. The molecule has 0 N–H and O–H groups in total. The SMILES string of the molecule is CCCCCCC/C=C\C/C=C\C/C=C\CCCCCCCCCCCCCCCCCCC(=O)OC(COC(=O)CCCCCCCCC)COC(OCC[N+](C)(C)C)C(=O)[O-]. The number of aliphatic carboxylic acids is 1. The minimum Gasteiger partial charge on any atom is -0.545 e. The summed E-state index contributed by atoms with van der Waals surface area (Å²) in [5, 5.41) is 11.7. The van der Waals surface area contributed by atoms with Crippen molar-refractivity contribution in [1.29, 1.82) is 0 Å². The second-order valence-electron chi connectivity index (χ2n) is 18.8. The van der Waals surface area contributed by atoms with Gasteiger partial charge in [0.05, 0.1) is 40.3 Å². The molecule has 9 heteroatoms. The zero-order chi connectivity index (χ0) is 46.3. The van der Waals surface area contributed by atoms with Gasteiger partial charge in [-0.05, 0) is 51.4 Å². The van der Waals surface area contributed by atoms with E-state index in [1.165, 1.54) is 154 Å². The number of carboxylic acid groups (broad SMARTS) is 1. The Labute approximate surface area is 388 Å². The monoisotopic (exact) mass is 890 g/mol. The third kappa shape index (κ3) is 47.3. The molecule has 0 aliphatic heterocycles. The van der Waals surface area contributed by atoms with Crippen molar-refractivity contribution in [3.8, 4) is 0 Å². The van der Waals surface area contributed by atoms with Crippen molar-refractivity contribution in [1.82, 2.24) is 0 Å². The van der Waals surface area contributed by atoms with Gasteiger partial charge in [-0.15, -0.1) is 0 Å². The third-order valence-corrected chi connectivity index (χ3v) is 11.4. The lowest BCUT2D eigenvalue weighted by atomic mass is 10.0. The summed E-state index contributed by atoms with van der Waals surface area (Å²) in [7, 11) is 5.91. The predicted octanol–water partition coefficient (Wildman–Crippen LogP) is 13.2. The molecule has 0 saturated carbocycles. The highest BCUT2D eigenvalue weighted by Crippen LogP contribution is 2.16. The highest BCUT2D eigenvalue weighted by Gasteiger charge is 2.22. The predicted molar refractivity (Wildman–Crippen MR) is 260 cm³/mol. The molecule has 0 amide bonds. The first kappa shape index (κ1) is 60.5. The fraction of sp³-hybridized carbons (Fsp3) is 0.833. The molecule has 2 atom stereocenters. The van der Waals surface area contributed by atoms with Crippen LogP contribution >= 0.6 is 0 Å². The largest absolute Gasteiger partial charge is 0.545 e. The number of esters is 2. The summed E-state index contributed by atoms with van der Waals surface area (Å²) in [6, 6.07) is 0. The lowest BCUT2D eigenvalue weighted by Gasteiger charge is -2.26. The van der Waals surface area contributed by atoms with E-state index in [1.807, 2.05) is 21.1 Å². The molecule has 0 radical (unpaired) electrons. The highest BCUT2D eigenvalue weighted by atomic mass is 16.7. The Hall–Kier alpha value is -2.49. The Morgan fingerprint density at radius 1 is 0.476 bits per heavy atom. The Balaban J connectivity index is 4.02. The third-order valence-electron chi connectivity index (χ3n) is 11.4. The Morgan fingerprint density at radius 3 is 1.27 bits per heavy atom.